The van der Waals surface area contributed by atoms with Crippen LogP contribution in [-0.2, 0) is 21.4 Å². The predicted octanol–water partition coefficient (Wildman–Crippen LogP) is 5.76. The van der Waals surface area contributed by atoms with Crippen molar-refractivity contribution in [1.82, 2.24) is 14.3 Å². The lowest BCUT2D eigenvalue weighted by atomic mass is 9.98. The Kier molecular flexibility index (Phi) is 7.61. The molecule has 0 spiro atoms. The quantitative estimate of drug-likeness (QED) is 0.293. The fraction of sp³-hybridized carbons (Fsp3) is 0.345. The molecule has 198 valence electrons. The summed E-state index contributed by atoms with van der Waals surface area (Å²) in [7, 11) is -3.69. The summed E-state index contributed by atoms with van der Waals surface area (Å²) < 4.78 is 29.3. The molecule has 1 aliphatic rings. The monoisotopic (exact) mass is 548 g/mol. The molecule has 2 aromatic carbocycles. The van der Waals surface area contributed by atoms with Crippen molar-refractivity contribution in [2.75, 3.05) is 18.0 Å². The van der Waals surface area contributed by atoms with Crippen LogP contribution in [0.2, 0.25) is 0 Å². The Labute approximate surface area is 228 Å². The van der Waals surface area contributed by atoms with Crippen LogP contribution in [0, 0.1) is 12.8 Å². The fourth-order valence-electron chi connectivity index (χ4n) is 4.87. The first-order valence-corrected chi connectivity index (χ1v) is 15.2. The lowest BCUT2D eigenvalue weighted by Gasteiger charge is -2.33. The number of amides is 1. The van der Waals surface area contributed by atoms with Gasteiger partial charge in [-0.1, -0.05) is 61.1 Å². The first-order chi connectivity index (χ1) is 18.2. The van der Waals surface area contributed by atoms with E-state index in [9.17, 15) is 13.2 Å². The van der Waals surface area contributed by atoms with Crippen molar-refractivity contribution < 1.29 is 13.2 Å². The zero-order valence-electron chi connectivity index (χ0n) is 21.9. The van der Waals surface area contributed by atoms with E-state index in [1.807, 2.05) is 37.3 Å². The van der Waals surface area contributed by atoms with Crippen LogP contribution in [0.5, 0.6) is 0 Å². The van der Waals surface area contributed by atoms with Crippen LogP contribution in [0.1, 0.15) is 49.4 Å². The Morgan fingerprint density at radius 2 is 1.89 bits per heavy atom. The number of hydrogen-bond acceptors (Lipinski definition) is 6. The molecule has 1 unspecified atom stereocenters. The average molecular weight is 549 g/mol. The normalized spacial score (nSPS) is 16.7. The van der Waals surface area contributed by atoms with Gasteiger partial charge in [-0.3, -0.25) is 14.7 Å². The number of thiazole rings is 1. The highest BCUT2D eigenvalue weighted by atomic mass is 32.2. The van der Waals surface area contributed by atoms with Crippen LogP contribution in [0.25, 0.3) is 10.2 Å². The molecular weight excluding hydrogens is 516 g/mol. The summed E-state index contributed by atoms with van der Waals surface area (Å²) in [5.74, 6) is -0.290. The summed E-state index contributed by atoms with van der Waals surface area (Å²) in [6, 6.07) is 18.6. The van der Waals surface area contributed by atoms with E-state index in [-0.39, 0.29) is 23.9 Å². The van der Waals surface area contributed by atoms with Gasteiger partial charge < -0.3 is 0 Å². The number of aromatic nitrogens is 2. The maximum absolute atomic E-state index is 14.1. The van der Waals surface area contributed by atoms with Gasteiger partial charge in [-0.2, -0.15) is 4.31 Å². The smallest absolute Gasteiger partial charge is 0.243 e. The summed E-state index contributed by atoms with van der Waals surface area (Å²) in [4.78, 5) is 25.4. The maximum Gasteiger partial charge on any atom is 0.243 e. The lowest BCUT2D eigenvalue weighted by molar-refractivity contribution is -0.123. The highest BCUT2D eigenvalue weighted by Crippen LogP contribution is 2.35. The summed E-state index contributed by atoms with van der Waals surface area (Å²) in [5.41, 5.74) is 3.80. The molecule has 1 saturated heterocycles. The van der Waals surface area contributed by atoms with Crippen LogP contribution in [0.4, 0.5) is 5.13 Å². The number of carbonyl (C=O) groups excluding carboxylic acids is 1. The summed E-state index contributed by atoms with van der Waals surface area (Å²) in [6.07, 6.45) is 2.96. The zero-order valence-corrected chi connectivity index (χ0v) is 23.5. The van der Waals surface area contributed by atoms with E-state index in [1.54, 1.807) is 35.4 Å². The van der Waals surface area contributed by atoms with Crippen LogP contribution in [-0.4, -0.2) is 41.7 Å². The second kappa shape index (κ2) is 10.9. The Hall–Kier alpha value is -3.14. The minimum Gasteiger partial charge on any atom is -0.282 e. The number of piperidine rings is 1. The molecule has 38 heavy (non-hydrogen) atoms. The standard InChI is InChI=1S/C29H32N4O3S2/c1-20(2)25-10-6-11-26-27(25)31-29(37-26)33(19-23-9-4-5-16-30-23)28(34)22-8-7-17-32(18-22)38(35,36)24-14-12-21(3)13-15-24/h4-6,9-16,20,22H,7-8,17-19H2,1-3H3. The molecule has 0 saturated carbocycles. The number of nitrogens with zero attached hydrogens (tertiary/aromatic N) is 4. The number of para-hydroxylation sites is 1. The topological polar surface area (TPSA) is 83.5 Å². The maximum atomic E-state index is 14.1. The van der Waals surface area contributed by atoms with E-state index in [2.05, 4.69) is 24.9 Å². The summed E-state index contributed by atoms with van der Waals surface area (Å²) >= 11 is 1.49. The van der Waals surface area contributed by atoms with E-state index in [0.29, 0.717) is 30.4 Å². The van der Waals surface area contributed by atoms with Gasteiger partial charge in [0.2, 0.25) is 15.9 Å². The average Bonchev–Trinajstić information content (AvgIpc) is 3.36. The Balaban J connectivity index is 1.47. The number of aryl methyl sites for hydroxylation is 1. The van der Waals surface area contributed by atoms with Gasteiger partial charge in [0.05, 0.1) is 33.3 Å². The summed E-state index contributed by atoms with van der Waals surface area (Å²) in [5, 5.41) is 0.613. The molecular formula is C29H32N4O3S2. The molecule has 7 nitrogen and oxygen atoms in total. The van der Waals surface area contributed by atoms with Crippen molar-refractivity contribution in [3.8, 4) is 0 Å². The summed E-state index contributed by atoms with van der Waals surface area (Å²) in [6.45, 7) is 7.02. The predicted molar refractivity (Wildman–Crippen MR) is 152 cm³/mol. The van der Waals surface area contributed by atoms with Crippen molar-refractivity contribution in [1.29, 1.82) is 0 Å². The molecule has 4 aromatic rings. The van der Waals surface area contributed by atoms with Gasteiger partial charge in [0.15, 0.2) is 5.13 Å². The van der Waals surface area contributed by atoms with Crippen LogP contribution in [0.3, 0.4) is 0 Å². The number of hydrogen-bond donors (Lipinski definition) is 0. The highest BCUT2D eigenvalue weighted by Gasteiger charge is 2.36. The Bertz CT molecular complexity index is 1530. The van der Waals surface area contributed by atoms with Gasteiger partial charge in [-0.25, -0.2) is 13.4 Å². The number of benzene rings is 2. The van der Waals surface area contributed by atoms with E-state index in [0.717, 1.165) is 27.0 Å². The number of fused-ring (bicyclic) bond motifs is 1. The second-order valence-electron chi connectivity index (χ2n) is 10.1. The molecule has 0 N–H and O–H groups in total. The number of carbonyl (C=O) groups is 1. The molecule has 9 heteroatoms. The number of anilines is 1. The van der Waals surface area contributed by atoms with Crippen molar-refractivity contribution in [2.45, 2.75) is 51.0 Å². The second-order valence-corrected chi connectivity index (χ2v) is 13.1. The van der Waals surface area contributed by atoms with Crippen molar-refractivity contribution >= 4 is 42.6 Å². The van der Waals surface area contributed by atoms with Crippen molar-refractivity contribution in [3.63, 3.8) is 0 Å². The number of rotatable bonds is 7. The first-order valence-electron chi connectivity index (χ1n) is 12.9. The molecule has 2 aromatic heterocycles. The third kappa shape index (κ3) is 5.36. The van der Waals surface area contributed by atoms with Gasteiger partial charge in [-0.15, -0.1) is 0 Å². The molecule has 1 amide bonds. The van der Waals surface area contributed by atoms with Crippen molar-refractivity contribution in [3.05, 3.63) is 83.7 Å². The molecule has 1 aliphatic heterocycles. The minimum absolute atomic E-state index is 0.121. The zero-order chi connectivity index (χ0) is 26.9. The number of pyridine rings is 1. The largest absolute Gasteiger partial charge is 0.282 e. The molecule has 0 radical (unpaired) electrons. The van der Waals surface area contributed by atoms with Crippen LogP contribution < -0.4 is 4.90 Å². The molecule has 3 heterocycles. The minimum atomic E-state index is -3.69. The van der Waals surface area contributed by atoms with E-state index < -0.39 is 15.9 Å². The van der Waals surface area contributed by atoms with Gasteiger partial charge >= 0.3 is 0 Å². The van der Waals surface area contributed by atoms with E-state index in [4.69, 9.17) is 4.98 Å². The molecule has 5 rings (SSSR count). The Morgan fingerprint density at radius 1 is 1.11 bits per heavy atom. The van der Waals surface area contributed by atoms with Gasteiger partial charge in [0, 0.05) is 19.3 Å². The highest BCUT2D eigenvalue weighted by molar-refractivity contribution is 7.89. The van der Waals surface area contributed by atoms with Crippen LogP contribution >= 0.6 is 11.3 Å². The number of sulfonamides is 1. The molecule has 0 aliphatic carbocycles. The van der Waals surface area contributed by atoms with E-state index >= 15 is 0 Å². The van der Waals surface area contributed by atoms with Gasteiger partial charge in [0.1, 0.15) is 0 Å². The van der Waals surface area contributed by atoms with Crippen LogP contribution in [0.15, 0.2) is 71.8 Å². The molecule has 0 bridgehead atoms. The lowest BCUT2D eigenvalue weighted by Crippen LogP contribution is -2.46. The first kappa shape index (κ1) is 26.5. The van der Waals surface area contributed by atoms with Crippen molar-refractivity contribution in [2.24, 2.45) is 5.92 Å². The third-order valence-corrected chi connectivity index (χ3v) is 9.92. The molecule has 1 atom stereocenters. The third-order valence-electron chi connectivity index (χ3n) is 7.00. The van der Waals surface area contributed by atoms with Gasteiger partial charge in [0.25, 0.3) is 0 Å². The van der Waals surface area contributed by atoms with Gasteiger partial charge in [-0.05, 0) is 61.6 Å². The molecule has 1 fully saturated rings. The van der Waals surface area contributed by atoms with E-state index in [1.165, 1.54) is 15.6 Å². The SMILES string of the molecule is Cc1ccc(S(=O)(=O)N2CCCC(C(=O)N(Cc3ccccn3)c3nc4c(C(C)C)cccc4s3)C2)cc1. The Morgan fingerprint density at radius 3 is 2.61 bits per heavy atom. The fourth-order valence-corrected chi connectivity index (χ4v) is 7.40.